The van der Waals surface area contributed by atoms with Gasteiger partial charge in [-0.15, -0.1) is 14.3 Å². The molecule has 1 aliphatic heterocycles. The molecule has 1 aromatic carbocycles. The molecule has 2 aliphatic rings. The summed E-state index contributed by atoms with van der Waals surface area (Å²) in [5.74, 6) is 0.477. The molecule has 0 amide bonds. The minimum atomic E-state index is -0.492. The Kier molecular flexibility index (Phi) is 8.09. The van der Waals surface area contributed by atoms with Crippen LogP contribution < -0.4 is 15.5 Å². The van der Waals surface area contributed by atoms with E-state index in [-0.39, 0.29) is 0 Å². The summed E-state index contributed by atoms with van der Waals surface area (Å²) in [6.07, 6.45) is 10.3. The molecule has 3 aromatic heterocycles. The molecule has 2 atom stereocenters. The molecule has 39 heavy (non-hydrogen) atoms. The Labute approximate surface area is 234 Å². The first-order valence-electron chi connectivity index (χ1n) is 13.6. The van der Waals surface area contributed by atoms with Crippen molar-refractivity contribution in [1.29, 1.82) is 0 Å². The first-order valence-corrected chi connectivity index (χ1v) is 14.9. The van der Waals surface area contributed by atoms with Gasteiger partial charge in [-0.05, 0) is 52.5 Å². The highest BCUT2D eigenvalue weighted by molar-refractivity contribution is 7.15. The van der Waals surface area contributed by atoms with Gasteiger partial charge in [0, 0.05) is 31.9 Å². The number of fused-ring (bicyclic) bond motifs is 3. The number of aryl methyl sites for hydroxylation is 1. The Bertz CT molecular complexity index is 1520. The summed E-state index contributed by atoms with van der Waals surface area (Å²) in [6, 6.07) is 8.88. The second-order valence-electron chi connectivity index (χ2n) is 10.3. The lowest BCUT2D eigenvalue weighted by atomic mass is 9.97. The number of rotatable bonds is 5. The summed E-state index contributed by atoms with van der Waals surface area (Å²) in [5.41, 5.74) is 12.4. The molecule has 0 saturated heterocycles. The third-order valence-corrected chi connectivity index (χ3v) is 8.68. The van der Waals surface area contributed by atoms with E-state index in [4.69, 9.17) is 10.7 Å². The normalized spacial score (nSPS) is 15.3. The summed E-state index contributed by atoms with van der Waals surface area (Å²) in [7, 11) is 9.35. The van der Waals surface area contributed by atoms with Crippen LogP contribution in [0.1, 0.15) is 44.6 Å². The summed E-state index contributed by atoms with van der Waals surface area (Å²) >= 11 is 0. The van der Waals surface area contributed by atoms with Gasteiger partial charge in [0.2, 0.25) is 5.95 Å². The molecule has 1 fully saturated rings. The van der Waals surface area contributed by atoms with E-state index in [1.807, 2.05) is 10.5 Å². The van der Waals surface area contributed by atoms with E-state index >= 15 is 4.39 Å². The molecule has 1 saturated carbocycles. The van der Waals surface area contributed by atoms with Crippen molar-refractivity contribution < 1.29 is 4.39 Å². The lowest BCUT2D eigenvalue weighted by Crippen LogP contribution is -2.33. The lowest BCUT2D eigenvalue weighted by Gasteiger charge is -2.28. The van der Waals surface area contributed by atoms with Crippen molar-refractivity contribution in [2.45, 2.75) is 51.2 Å². The molecular formula is C29H38FN7P2. The zero-order chi connectivity index (χ0) is 27.8. The minimum Gasteiger partial charge on any atom is -0.330 e. The fraction of sp³-hybridized carbons (Fsp3) is 0.379. The van der Waals surface area contributed by atoms with Crippen molar-refractivity contribution in [3.63, 3.8) is 0 Å². The van der Waals surface area contributed by atoms with Gasteiger partial charge in [0.1, 0.15) is 11.5 Å². The Hall–Kier alpha value is -2.79. The highest BCUT2D eigenvalue weighted by Gasteiger charge is 2.38. The van der Waals surface area contributed by atoms with Crippen LogP contribution in [0.25, 0.3) is 33.4 Å². The average Bonchev–Trinajstić information content (AvgIpc) is 3.70. The molecule has 7 nitrogen and oxygen atoms in total. The van der Waals surface area contributed by atoms with Crippen molar-refractivity contribution >= 4 is 41.0 Å². The van der Waals surface area contributed by atoms with Crippen molar-refractivity contribution in [1.82, 2.24) is 19.1 Å². The van der Waals surface area contributed by atoms with Crippen LogP contribution in [0.2, 0.25) is 0 Å². The molecule has 2 N–H and O–H groups in total. The predicted octanol–water partition coefficient (Wildman–Crippen LogP) is 6.28. The standard InChI is InChI=1S/C26H29FN6P2.C3H9N/c1-15-31(3)20-12-28-26-22(24(20)32(15)18-9-4-5-10-18)21(17-8-6-7-16(11-17)14-34)23(33(26)35)19-13-30(2)29-25(19)27;1-2-3-4/h6-8,11-13,18H,1,4-5,9-10,14,34-35H2,2-3H3;2-4H2,1H3. The molecule has 10 heteroatoms. The predicted molar refractivity (Wildman–Crippen MR) is 167 cm³/mol. The highest BCUT2D eigenvalue weighted by Crippen LogP contribution is 2.53. The topological polar surface area (TPSA) is 68.1 Å². The zero-order valence-electron chi connectivity index (χ0n) is 23.0. The first-order chi connectivity index (χ1) is 18.8. The number of anilines is 2. The van der Waals surface area contributed by atoms with Crippen LogP contribution in [0.15, 0.2) is 49.1 Å². The average molecular weight is 566 g/mol. The van der Waals surface area contributed by atoms with Gasteiger partial charge in [-0.2, -0.15) is 4.39 Å². The molecule has 4 aromatic rings. The molecule has 0 spiro atoms. The summed E-state index contributed by atoms with van der Waals surface area (Å²) in [4.78, 5) is 9.43. The van der Waals surface area contributed by atoms with Gasteiger partial charge in [-0.1, -0.05) is 50.6 Å². The number of hydrogen-bond acceptors (Lipinski definition) is 5. The Morgan fingerprint density at radius 3 is 2.54 bits per heavy atom. The fourth-order valence-corrected chi connectivity index (χ4v) is 6.45. The molecule has 4 heterocycles. The number of benzene rings is 1. The van der Waals surface area contributed by atoms with E-state index in [9.17, 15) is 0 Å². The maximum atomic E-state index is 15.2. The van der Waals surface area contributed by atoms with E-state index < -0.39 is 5.95 Å². The molecule has 2 unspecified atom stereocenters. The second kappa shape index (κ2) is 11.4. The monoisotopic (exact) mass is 565 g/mol. The zero-order valence-corrected chi connectivity index (χ0v) is 25.3. The van der Waals surface area contributed by atoms with Gasteiger partial charge in [0.15, 0.2) is 0 Å². The van der Waals surface area contributed by atoms with Crippen LogP contribution in [0.4, 0.5) is 15.8 Å². The van der Waals surface area contributed by atoms with Crippen molar-refractivity contribution in [2.24, 2.45) is 12.8 Å². The van der Waals surface area contributed by atoms with E-state index in [0.717, 1.165) is 77.0 Å². The van der Waals surface area contributed by atoms with Crippen LogP contribution in [0, 0.1) is 5.95 Å². The first kappa shape index (κ1) is 27.8. The van der Waals surface area contributed by atoms with Crippen LogP contribution in [-0.2, 0) is 13.2 Å². The van der Waals surface area contributed by atoms with E-state index in [1.165, 1.54) is 23.1 Å². The van der Waals surface area contributed by atoms with Crippen molar-refractivity contribution in [3.05, 3.63) is 60.6 Å². The van der Waals surface area contributed by atoms with Gasteiger partial charge in [0.05, 0.1) is 34.2 Å². The van der Waals surface area contributed by atoms with E-state index in [2.05, 4.69) is 78.3 Å². The fourth-order valence-electron chi connectivity index (χ4n) is 5.73. The summed E-state index contributed by atoms with van der Waals surface area (Å²) < 4.78 is 18.6. The van der Waals surface area contributed by atoms with E-state index in [1.54, 1.807) is 13.2 Å². The molecule has 206 valence electrons. The van der Waals surface area contributed by atoms with Gasteiger partial charge in [-0.3, -0.25) is 4.68 Å². The van der Waals surface area contributed by atoms with Crippen LogP contribution in [-0.4, -0.2) is 38.7 Å². The summed E-state index contributed by atoms with van der Waals surface area (Å²) in [6.45, 7) is 7.33. The van der Waals surface area contributed by atoms with Gasteiger partial charge in [-0.25, -0.2) is 4.98 Å². The molecule has 0 bridgehead atoms. The third kappa shape index (κ3) is 4.77. The quantitative estimate of drug-likeness (QED) is 0.289. The number of pyridine rings is 1. The summed E-state index contributed by atoms with van der Waals surface area (Å²) in [5, 5.41) is 5.03. The number of aromatic nitrogens is 4. The van der Waals surface area contributed by atoms with Gasteiger partial charge in [0.25, 0.3) is 0 Å². The number of nitrogens with two attached hydrogens (primary N) is 1. The maximum Gasteiger partial charge on any atom is 0.241 e. The van der Waals surface area contributed by atoms with Crippen molar-refractivity contribution in [3.8, 4) is 22.4 Å². The van der Waals surface area contributed by atoms with Crippen LogP contribution >= 0.6 is 18.6 Å². The number of halogens is 1. The number of hydrogen-bond donors (Lipinski definition) is 1. The SMILES string of the molecule is C=C1N(C)c2cnc3c(c(-c4cccc(CP)c4)c(-c4cn(C)nc4F)n3P)c2N1C1CCCC1.CCCN. The van der Waals surface area contributed by atoms with Gasteiger partial charge >= 0.3 is 0 Å². The lowest BCUT2D eigenvalue weighted by molar-refractivity contribution is 0.555. The molecule has 0 radical (unpaired) electrons. The third-order valence-electron chi connectivity index (χ3n) is 7.70. The number of nitrogens with zero attached hydrogens (tertiary/aromatic N) is 6. The Morgan fingerprint density at radius 1 is 1.21 bits per heavy atom. The van der Waals surface area contributed by atoms with E-state index in [0.29, 0.717) is 11.6 Å². The maximum absolute atomic E-state index is 15.2. The molecular weight excluding hydrogens is 527 g/mol. The second-order valence-corrected chi connectivity index (χ2v) is 11.2. The molecule has 1 aliphatic carbocycles. The Balaban J connectivity index is 0.000000723. The Morgan fingerprint density at radius 2 is 1.92 bits per heavy atom. The molecule has 6 rings (SSSR count). The minimum absolute atomic E-state index is 0.398. The highest BCUT2D eigenvalue weighted by atomic mass is 31.0. The van der Waals surface area contributed by atoms with Crippen LogP contribution in [0.3, 0.4) is 0 Å². The van der Waals surface area contributed by atoms with Crippen molar-refractivity contribution in [2.75, 3.05) is 23.4 Å². The van der Waals surface area contributed by atoms with Gasteiger partial charge < -0.3 is 19.9 Å². The van der Waals surface area contributed by atoms with Crippen LogP contribution in [0.5, 0.6) is 0 Å². The largest absolute Gasteiger partial charge is 0.330 e. The smallest absolute Gasteiger partial charge is 0.241 e.